The molecule has 1 aliphatic heterocycles. The summed E-state index contributed by atoms with van der Waals surface area (Å²) in [5.74, 6) is 0.114. The predicted molar refractivity (Wildman–Crippen MR) is 79.7 cm³/mol. The van der Waals surface area contributed by atoms with Crippen LogP contribution in [0.15, 0.2) is 30.3 Å². The van der Waals surface area contributed by atoms with Gasteiger partial charge in [0.05, 0.1) is 6.10 Å². The highest BCUT2D eigenvalue weighted by atomic mass is 16.3. The summed E-state index contributed by atoms with van der Waals surface area (Å²) in [6.45, 7) is 6.04. The fourth-order valence-electron chi connectivity index (χ4n) is 2.55. The second-order valence-corrected chi connectivity index (χ2v) is 5.37. The van der Waals surface area contributed by atoms with E-state index in [1.165, 1.54) is 0 Å². The van der Waals surface area contributed by atoms with Gasteiger partial charge in [0.2, 0.25) is 0 Å². The first-order valence-corrected chi connectivity index (χ1v) is 7.45. The van der Waals surface area contributed by atoms with Crippen molar-refractivity contribution in [2.24, 2.45) is 0 Å². The fraction of sp³-hybridized carbons (Fsp3) is 0.562. The first-order chi connectivity index (χ1) is 9.70. The maximum Gasteiger partial charge on any atom is 0.253 e. The molecule has 1 heterocycles. The van der Waals surface area contributed by atoms with E-state index in [9.17, 15) is 9.90 Å². The van der Waals surface area contributed by atoms with Crippen LogP contribution in [0.1, 0.15) is 30.1 Å². The predicted octanol–water partition coefficient (Wildman–Crippen LogP) is 1.61. The molecule has 1 aliphatic rings. The Morgan fingerprint density at radius 1 is 1.20 bits per heavy atom. The summed E-state index contributed by atoms with van der Waals surface area (Å²) in [6, 6.07) is 9.45. The molecule has 1 N–H and O–H groups in total. The molecule has 0 bridgehead atoms. The Balaban J connectivity index is 1.91. The van der Waals surface area contributed by atoms with Gasteiger partial charge in [0, 0.05) is 31.7 Å². The van der Waals surface area contributed by atoms with Crippen molar-refractivity contribution in [1.82, 2.24) is 9.80 Å². The molecule has 0 saturated carbocycles. The van der Waals surface area contributed by atoms with Crippen molar-refractivity contribution in [3.63, 3.8) is 0 Å². The third-order valence-electron chi connectivity index (χ3n) is 3.84. The molecule has 1 fully saturated rings. The number of amides is 1. The van der Waals surface area contributed by atoms with Gasteiger partial charge in [-0.3, -0.25) is 9.69 Å². The summed E-state index contributed by atoms with van der Waals surface area (Å²) < 4.78 is 0. The van der Waals surface area contributed by atoms with Crippen LogP contribution in [-0.2, 0) is 0 Å². The Morgan fingerprint density at radius 2 is 1.95 bits per heavy atom. The van der Waals surface area contributed by atoms with E-state index in [0.29, 0.717) is 6.54 Å². The normalized spacial score (nSPS) is 18.6. The van der Waals surface area contributed by atoms with Gasteiger partial charge in [-0.25, -0.2) is 0 Å². The fourth-order valence-corrected chi connectivity index (χ4v) is 2.55. The highest BCUT2D eigenvalue weighted by molar-refractivity contribution is 5.94. The zero-order valence-electron chi connectivity index (χ0n) is 12.2. The quantitative estimate of drug-likeness (QED) is 0.908. The summed E-state index contributed by atoms with van der Waals surface area (Å²) in [4.78, 5) is 16.6. The van der Waals surface area contributed by atoms with Crippen LogP contribution in [0.2, 0.25) is 0 Å². The molecule has 20 heavy (non-hydrogen) atoms. The number of hydrogen-bond acceptors (Lipinski definition) is 3. The van der Waals surface area contributed by atoms with Crippen LogP contribution in [0.4, 0.5) is 0 Å². The number of carbonyl (C=O) groups is 1. The van der Waals surface area contributed by atoms with E-state index < -0.39 is 0 Å². The Morgan fingerprint density at radius 3 is 2.65 bits per heavy atom. The molecule has 0 unspecified atom stereocenters. The summed E-state index contributed by atoms with van der Waals surface area (Å²) in [6.07, 6.45) is 1.49. The lowest BCUT2D eigenvalue weighted by atomic mass is 10.2. The van der Waals surface area contributed by atoms with Crippen LogP contribution in [0.5, 0.6) is 0 Å². The molecule has 0 aliphatic carbocycles. The molecule has 1 aromatic rings. The van der Waals surface area contributed by atoms with Gasteiger partial charge in [-0.1, -0.05) is 25.1 Å². The lowest BCUT2D eigenvalue weighted by Crippen LogP contribution is -2.37. The first-order valence-electron chi connectivity index (χ1n) is 7.45. The van der Waals surface area contributed by atoms with Gasteiger partial charge in [-0.2, -0.15) is 0 Å². The third kappa shape index (κ3) is 4.05. The van der Waals surface area contributed by atoms with Crippen LogP contribution in [0.25, 0.3) is 0 Å². The molecule has 110 valence electrons. The smallest absolute Gasteiger partial charge is 0.253 e. The van der Waals surface area contributed by atoms with Crippen molar-refractivity contribution in [3.8, 4) is 0 Å². The van der Waals surface area contributed by atoms with Crippen molar-refractivity contribution in [2.45, 2.75) is 25.9 Å². The number of rotatable bonds is 4. The minimum atomic E-state index is -0.258. The average Bonchev–Trinajstić information content (AvgIpc) is 2.73. The average molecular weight is 276 g/mol. The van der Waals surface area contributed by atoms with Crippen molar-refractivity contribution in [1.29, 1.82) is 0 Å². The molecule has 1 atom stereocenters. The highest BCUT2D eigenvalue weighted by Gasteiger charge is 2.20. The molecule has 1 saturated heterocycles. The number of aliphatic hydroxyl groups excluding tert-OH is 1. The highest BCUT2D eigenvalue weighted by Crippen LogP contribution is 2.10. The minimum Gasteiger partial charge on any atom is -0.392 e. The van der Waals surface area contributed by atoms with Gasteiger partial charge in [0.25, 0.3) is 5.91 Å². The summed E-state index contributed by atoms with van der Waals surface area (Å²) in [5, 5.41) is 9.73. The van der Waals surface area contributed by atoms with Crippen molar-refractivity contribution < 1.29 is 9.90 Å². The Hall–Kier alpha value is -1.39. The van der Waals surface area contributed by atoms with E-state index in [4.69, 9.17) is 0 Å². The van der Waals surface area contributed by atoms with E-state index in [2.05, 4.69) is 4.90 Å². The topological polar surface area (TPSA) is 43.8 Å². The van der Waals surface area contributed by atoms with Crippen LogP contribution in [0.3, 0.4) is 0 Å². The lowest BCUT2D eigenvalue weighted by molar-refractivity contribution is 0.0754. The van der Waals surface area contributed by atoms with Crippen molar-refractivity contribution >= 4 is 5.91 Å². The Kier molecular flexibility index (Phi) is 5.56. The van der Waals surface area contributed by atoms with Gasteiger partial charge in [-0.15, -0.1) is 0 Å². The standard InChI is InChI=1S/C16H24N2O2/c1-2-15(19)13-17-9-6-10-18(12-11-17)16(20)14-7-4-3-5-8-14/h3-5,7-8,15,19H,2,6,9-13H2,1H3/t15-/m1/s1. The number of aliphatic hydroxyl groups is 1. The second-order valence-electron chi connectivity index (χ2n) is 5.37. The van der Waals surface area contributed by atoms with Crippen molar-refractivity contribution in [3.05, 3.63) is 35.9 Å². The largest absolute Gasteiger partial charge is 0.392 e. The SMILES string of the molecule is CC[C@@H](O)CN1CCCN(C(=O)c2ccccc2)CC1. The maximum atomic E-state index is 12.4. The van der Waals surface area contributed by atoms with E-state index in [0.717, 1.165) is 44.6 Å². The zero-order chi connectivity index (χ0) is 14.4. The van der Waals surface area contributed by atoms with Gasteiger partial charge in [-0.05, 0) is 31.5 Å². The van der Waals surface area contributed by atoms with Crippen LogP contribution < -0.4 is 0 Å². The molecular weight excluding hydrogens is 252 g/mol. The molecule has 0 aromatic heterocycles. The Bertz CT molecular complexity index is 422. The maximum absolute atomic E-state index is 12.4. The summed E-state index contributed by atoms with van der Waals surface area (Å²) in [7, 11) is 0. The molecule has 4 nitrogen and oxygen atoms in total. The minimum absolute atomic E-state index is 0.114. The van der Waals surface area contributed by atoms with Gasteiger partial charge >= 0.3 is 0 Å². The second kappa shape index (κ2) is 7.41. The molecule has 0 radical (unpaired) electrons. The number of hydrogen-bond donors (Lipinski definition) is 1. The molecule has 1 amide bonds. The molecule has 2 rings (SSSR count). The third-order valence-corrected chi connectivity index (χ3v) is 3.84. The van der Waals surface area contributed by atoms with E-state index >= 15 is 0 Å². The molecule has 1 aromatic carbocycles. The van der Waals surface area contributed by atoms with Crippen molar-refractivity contribution in [2.75, 3.05) is 32.7 Å². The Labute approximate surface area is 121 Å². The zero-order valence-corrected chi connectivity index (χ0v) is 12.2. The van der Waals surface area contributed by atoms with Crippen LogP contribution >= 0.6 is 0 Å². The molecule has 0 spiro atoms. The number of β-amino-alcohol motifs (C(OH)–C–C–N with tert-alkyl or cyclic N) is 1. The number of benzene rings is 1. The van der Waals surface area contributed by atoms with Gasteiger partial charge in [0.1, 0.15) is 0 Å². The van der Waals surface area contributed by atoms with E-state index in [1.807, 2.05) is 42.2 Å². The van der Waals surface area contributed by atoms with Gasteiger partial charge in [0.15, 0.2) is 0 Å². The number of nitrogens with zero attached hydrogens (tertiary/aromatic N) is 2. The van der Waals surface area contributed by atoms with Crippen LogP contribution in [-0.4, -0.2) is 59.6 Å². The van der Waals surface area contributed by atoms with E-state index in [1.54, 1.807) is 0 Å². The first kappa shape index (κ1) is 15.0. The van der Waals surface area contributed by atoms with E-state index in [-0.39, 0.29) is 12.0 Å². The monoisotopic (exact) mass is 276 g/mol. The summed E-state index contributed by atoms with van der Waals surface area (Å²) in [5.41, 5.74) is 0.759. The van der Waals surface area contributed by atoms with Gasteiger partial charge < -0.3 is 10.0 Å². The number of carbonyl (C=O) groups excluding carboxylic acids is 1. The lowest BCUT2D eigenvalue weighted by Gasteiger charge is -2.23. The molecule has 4 heteroatoms. The molecular formula is C16H24N2O2. The van der Waals surface area contributed by atoms with Crippen LogP contribution in [0, 0.1) is 0 Å². The summed E-state index contributed by atoms with van der Waals surface area (Å²) >= 11 is 0.